The molecule has 1 aromatic rings. The van der Waals surface area contributed by atoms with E-state index in [4.69, 9.17) is 5.26 Å². The summed E-state index contributed by atoms with van der Waals surface area (Å²) in [5.41, 5.74) is 0.973. The summed E-state index contributed by atoms with van der Waals surface area (Å²) in [5, 5.41) is 10.2. The fraction of sp³-hybridized carbons (Fsp3) is 0.636. The molecule has 74 valence electrons. The van der Waals surface area contributed by atoms with E-state index in [9.17, 15) is 0 Å². The number of hydrogen-bond donors (Lipinski definition) is 0. The van der Waals surface area contributed by atoms with Crippen molar-refractivity contribution in [3.05, 3.63) is 15.6 Å². The lowest BCUT2D eigenvalue weighted by molar-refractivity contribution is 0.569. The van der Waals surface area contributed by atoms with Crippen LogP contribution in [0.5, 0.6) is 0 Å². The van der Waals surface area contributed by atoms with Crippen LogP contribution < -0.4 is 0 Å². The number of aromatic nitrogens is 1. The monoisotopic (exact) mass is 206 g/mol. The first-order valence-electron chi connectivity index (χ1n) is 4.93. The third-order valence-electron chi connectivity index (χ3n) is 2.38. The summed E-state index contributed by atoms with van der Waals surface area (Å²) in [6, 6.07) is 2.26. The molecule has 0 N–H and O–H groups in total. The molecular formula is C11H14N2S. The Hall–Kier alpha value is -0.880. The van der Waals surface area contributed by atoms with E-state index in [-0.39, 0.29) is 5.41 Å². The molecule has 1 heterocycles. The summed E-state index contributed by atoms with van der Waals surface area (Å²) in [4.78, 5) is 5.42. The molecular weight excluding hydrogens is 192 g/mol. The van der Waals surface area contributed by atoms with Crippen molar-refractivity contribution < 1.29 is 0 Å². The molecule has 1 aliphatic carbocycles. The van der Waals surface area contributed by atoms with Crippen LogP contribution in [-0.4, -0.2) is 4.98 Å². The second-order valence-corrected chi connectivity index (χ2v) is 5.90. The number of hydrogen-bond acceptors (Lipinski definition) is 3. The zero-order valence-corrected chi connectivity index (χ0v) is 9.61. The highest BCUT2D eigenvalue weighted by Gasteiger charge is 2.31. The second kappa shape index (κ2) is 3.06. The third kappa shape index (κ3) is 1.67. The van der Waals surface area contributed by atoms with Crippen LogP contribution in [0.3, 0.4) is 0 Å². The van der Waals surface area contributed by atoms with Gasteiger partial charge in [0.25, 0.3) is 0 Å². The predicted octanol–water partition coefficient (Wildman–Crippen LogP) is 3.19. The minimum Gasteiger partial charge on any atom is -0.244 e. The molecule has 0 radical (unpaired) electrons. The standard InChI is InChI=1S/C11H14N2S/c1-11(2,3)9-8(6-12)14-10(13-9)7-4-5-7/h7H,4-5H2,1-3H3. The van der Waals surface area contributed by atoms with Gasteiger partial charge in [-0.05, 0) is 12.8 Å². The molecule has 2 nitrogen and oxygen atoms in total. The molecule has 0 spiro atoms. The van der Waals surface area contributed by atoms with Gasteiger partial charge in [0.15, 0.2) is 0 Å². The zero-order valence-electron chi connectivity index (χ0n) is 8.79. The van der Waals surface area contributed by atoms with Gasteiger partial charge >= 0.3 is 0 Å². The minimum atomic E-state index is -0.00525. The molecule has 0 atom stereocenters. The zero-order chi connectivity index (χ0) is 10.3. The highest BCUT2D eigenvalue weighted by molar-refractivity contribution is 7.12. The maximum atomic E-state index is 9.02. The molecule has 0 amide bonds. The van der Waals surface area contributed by atoms with Gasteiger partial charge in [-0.1, -0.05) is 20.8 Å². The molecule has 0 aromatic carbocycles. The second-order valence-electron chi connectivity index (χ2n) is 4.87. The van der Waals surface area contributed by atoms with Crippen molar-refractivity contribution in [2.24, 2.45) is 0 Å². The summed E-state index contributed by atoms with van der Waals surface area (Å²) in [5.74, 6) is 0.656. The first-order valence-corrected chi connectivity index (χ1v) is 5.75. The van der Waals surface area contributed by atoms with E-state index < -0.39 is 0 Å². The van der Waals surface area contributed by atoms with Gasteiger partial charge in [-0.25, -0.2) is 4.98 Å². The third-order valence-corrected chi connectivity index (χ3v) is 3.50. The Morgan fingerprint density at radius 3 is 2.43 bits per heavy atom. The SMILES string of the molecule is CC(C)(C)c1nc(C2CC2)sc1C#N. The smallest absolute Gasteiger partial charge is 0.128 e. The lowest BCUT2D eigenvalue weighted by Crippen LogP contribution is -2.13. The topological polar surface area (TPSA) is 36.7 Å². The van der Waals surface area contributed by atoms with E-state index in [1.54, 1.807) is 11.3 Å². The van der Waals surface area contributed by atoms with E-state index in [0.29, 0.717) is 5.92 Å². The fourth-order valence-electron chi connectivity index (χ4n) is 1.43. The molecule has 1 fully saturated rings. The van der Waals surface area contributed by atoms with Crippen LogP contribution in [-0.2, 0) is 5.41 Å². The molecule has 1 saturated carbocycles. The Morgan fingerprint density at radius 2 is 2.07 bits per heavy atom. The van der Waals surface area contributed by atoms with Crippen LogP contribution in [0, 0.1) is 11.3 Å². The molecule has 3 heteroatoms. The first kappa shape index (κ1) is 9.67. The van der Waals surface area contributed by atoms with Crippen molar-refractivity contribution in [2.75, 3.05) is 0 Å². The van der Waals surface area contributed by atoms with Gasteiger partial charge in [-0.2, -0.15) is 5.26 Å². The maximum Gasteiger partial charge on any atom is 0.128 e. The Labute approximate surface area is 88.6 Å². The highest BCUT2D eigenvalue weighted by atomic mass is 32.1. The van der Waals surface area contributed by atoms with E-state index in [1.165, 1.54) is 17.8 Å². The van der Waals surface area contributed by atoms with Crippen LogP contribution in [0.4, 0.5) is 0 Å². The molecule has 2 rings (SSSR count). The number of rotatable bonds is 1. The van der Waals surface area contributed by atoms with Crippen LogP contribution in [0.1, 0.15) is 55.1 Å². The van der Waals surface area contributed by atoms with Crippen LogP contribution in [0.15, 0.2) is 0 Å². The van der Waals surface area contributed by atoms with Gasteiger partial charge in [0.2, 0.25) is 0 Å². The van der Waals surface area contributed by atoms with Gasteiger partial charge in [-0.15, -0.1) is 11.3 Å². The largest absolute Gasteiger partial charge is 0.244 e. The predicted molar refractivity (Wildman–Crippen MR) is 57.5 cm³/mol. The van der Waals surface area contributed by atoms with Gasteiger partial charge in [0, 0.05) is 11.3 Å². The summed E-state index contributed by atoms with van der Waals surface area (Å²) >= 11 is 1.58. The normalized spacial score (nSPS) is 16.7. The van der Waals surface area contributed by atoms with Crippen molar-refractivity contribution in [3.63, 3.8) is 0 Å². The molecule has 0 aliphatic heterocycles. The van der Waals surface area contributed by atoms with Gasteiger partial charge in [0.05, 0.1) is 10.7 Å². The van der Waals surface area contributed by atoms with E-state index in [1.807, 2.05) is 0 Å². The summed E-state index contributed by atoms with van der Waals surface area (Å²) < 4.78 is 0. The van der Waals surface area contributed by atoms with Gasteiger partial charge < -0.3 is 0 Å². The summed E-state index contributed by atoms with van der Waals surface area (Å²) in [6.07, 6.45) is 2.50. The minimum absolute atomic E-state index is 0.00525. The summed E-state index contributed by atoms with van der Waals surface area (Å²) in [7, 11) is 0. The Balaban J connectivity index is 2.43. The molecule has 0 saturated heterocycles. The van der Waals surface area contributed by atoms with Crippen molar-refractivity contribution >= 4 is 11.3 Å². The van der Waals surface area contributed by atoms with E-state index in [0.717, 1.165) is 10.6 Å². The number of nitrogens with zero attached hydrogens (tertiary/aromatic N) is 2. The number of nitriles is 1. The molecule has 14 heavy (non-hydrogen) atoms. The van der Waals surface area contributed by atoms with Crippen LogP contribution >= 0.6 is 11.3 Å². The quantitative estimate of drug-likeness (QED) is 0.707. The summed E-state index contributed by atoms with van der Waals surface area (Å²) in [6.45, 7) is 6.33. The van der Waals surface area contributed by atoms with E-state index >= 15 is 0 Å². The maximum absolute atomic E-state index is 9.02. The van der Waals surface area contributed by atoms with Crippen molar-refractivity contribution in [2.45, 2.75) is 44.9 Å². The average molecular weight is 206 g/mol. The Bertz CT molecular complexity index is 388. The van der Waals surface area contributed by atoms with Crippen molar-refractivity contribution in [3.8, 4) is 6.07 Å². The van der Waals surface area contributed by atoms with Crippen molar-refractivity contribution in [1.29, 1.82) is 5.26 Å². The lowest BCUT2D eigenvalue weighted by Gasteiger charge is -2.15. The fourth-order valence-corrected chi connectivity index (χ4v) is 2.67. The van der Waals surface area contributed by atoms with Gasteiger partial charge in [-0.3, -0.25) is 0 Å². The van der Waals surface area contributed by atoms with E-state index in [2.05, 4.69) is 31.8 Å². The molecule has 1 aliphatic rings. The van der Waals surface area contributed by atoms with Crippen molar-refractivity contribution in [1.82, 2.24) is 4.98 Å². The number of thiazole rings is 1. The highest BCUT2D eigenvalue weighted by Crippen LogP contribution is 2.43. The van der Waals surface area contributed by atoms with Gasteiger partial charge in [0.1, 0.15) is 10.9 Å². The Morgan fingerprint density at radius 1 is 1.43 bits per heavy atom. The van der Waals surface area contributed by atoms with Crippen LogP contribution in [0.2, 0.25) is 0 Å². The first-order chi connectivity index (χ1) is 6.52. The molecule has 0 bridgehead atoms. The average Bonchev–Trinajstić information content (AvgIpc) is 2.83. The van der Waals surface area contributed by atoms with Crippen LogP contribution in [0.25, 0.3) is 0 Å². The lowest BCUT2D eigenvalue weighted by atomic mass is 9.91. The Kier molecular flexibility index (Phi) is 2.11. The molecule has 0 unspecified atom stereocenters. The molecule has 1 aromatic heterocycles.